The molecule has 302 valence electrons. The van der Waals surface area contributed by atoms with E-state index in [1.165, 1.54) is 0 Å². The lowest BCUT2D eigenvalue weighted by Gasteiger charge is -2.63. The van der Waals surface area contributed by atoms with Gasteiger partial charge in [-0.1, -0.05) is 39.3 Å². The maximum absolute atomic E-state index is 13.5. The van der Waals surface area contributed by atoms with Crippen LogP contribution in [0.4, 0.5) is 5.69 Å². The number of halogens is 1. The molecule has 1 unspecified atom stereocenters. The van der Waals surface area contributed by atoms with Gasteiger partial charge in [0.2, 0.25) is 11.8 Å². The molecule has 14 heteroatoms. The number of ether oxygens (including phenoxy) is 2. The van der Waals surface area contributed by atoms with E-state index in [1.54, 1.807) is 36.4 Å². The molecule has 2 aliphatic carbocycles. The number of rotatable bonds is 9. The molecule has 0 spiro atoms. The van der Waals surface area contributed by atoms with Crippen LogP contribution in [-0.4, -0.2) is 95.8 Å². The van der Waals surface area contributed by atoms with E-state index < -0.39 is 29.7 Å². The van der Waals surface area contributed by atoms with Crippen molar-refractivity contribution in [3.8, 4) is 17.6 Å². The minimum absolute atomic E-state index is 0.0330. The quantitative estimate of drug-likeness (QED) is 0.270. The summed E-state index contributed by atoms with van der Waals surface area (Å²) in [6.07, 6.45) is 2.67. The van der Waals surface area contributed by atoms with Crippen molar-refractivity contribution in [1.29, 1.82) is 5.26 Å². The summed E-state index contributed by atoms with van der Waals surface area (Å²) in [6, 6.07) is 19.0. The lowest BCUT2D eigenvalue weighted by atomic mass is 9.49. The average molecular weight is 807 g/mol. The number of piperidine rings is 1. The van der Waals surface area contributed by atoms with E-state index in [0.29, 0.717) is 33.7 Å². The highest BCUT2D eigenvalue weighted by Crippen LogP contribution is 2.55. The molecule has 4 fully saturated rings. The largest absolute Gasteiger partial charge is 0.490 e. The molecule has 2 saturated heterocycles. The molecule has 0 aromatic heterocycles. The summed E-state index contributed by atoms with van der Waals surface area (Å²) in [4.78, 5) is 69.7. The van der Waals surface area contributed by atoms with Crippen LogP contribution in [0.25, 0.3) is 0 Å². The van der Waals surface area contributed by atoms with Gasteiger partial charge in [-0.25, -0.2) is 0 Å². The lowest BCUT2D eigenvalue weighted by molar-refractivity contribution is -0.164. The van der Waals surface area contributed by atoms with Gasteiger partial charge in [0, 0.05) is 72.8 Å². The number of nitrogens with zero attached hydrogens (tertiary/aromatic N) is 4. The number of fused-ring (bicyclic) bond motifs is 1. The summed E-state index contributed by atoms with van der Waals surface area (Å²) in [6.45, 7) is 11.9. The Kier molecular flexibility index (Phi) is 10.2. The highest BCUT2D eigenvalue weighted by Gasteiger charge is 2.64. The number of hydrogen-bond acceptors (Lipinski definition) is 10. The first kappa shape index (κ1) is 39.4. The summed E-state index contributed by atoms with van der Waals surface area (Å²) in [5.74, 6) is -1.15. The number of imide groups is 2. The van der Waals surface area contributed by atoms with Gasteiger partial charge in [-0.3, -0.25) is 39.1 Å². The molecule has 3 aliphatic heterocycles. The molecule has 13 nitrogen and oxygen atoms in total. The first-order chi connectivity index (χ1) is 27.6. The van der Waals surface area contributed by atoms with Crippen LogP contribution in [-0.2, 0) is 9.59 Å². The minimum atomic E-state index is -1.01. The van der Waals surface area contributed by atoms with Gasteiger partial charge in [0.1, 0.15) is 35.8 Å². The molecular weight excluding hydrogens is 760 g/mol. The molecular formula is C44H47ClN6O7. The summed E-state index contributed by atoms with van der Waals surface area (Å²) in [5.41, 5.74) is 1.78. The van der Waals surface area contributed by atoms with Crippen LogP contribution in [0, 0.1) is 22.2 Å². The molecule has 3 atom stereocenters. The Bertz CT molecular complexity index is 2210. The molecule has 2 saturated carbocycles. The number of benzene rings is 3. The van der Waals surface area contributed by atoms with Crippen molar-refractivity contribution in [2.75, 3.05) is 31.1 Å². The average Bonchev–Trinajstić information content (AvgIpc) is 3.77. The summed E-state index contributed by atoms with van der Waals surface area (Å²) in [5, 5.41) is 15.1. The number of amides is 5. The van der Waals surface area contributed by atoms with Crippen LogP contribution in [0.5, 0.6) is 11.5 Å². The molecule has 3 aromatic rings. The number of anilines is 1. The van der Waals surface area contributed by atoms with Crippen molar-refractivity contribution in [2.24, 2.45) is 10.8 Å². The van der Waals surface area contributed by atoms with E-state index in [1.807, 2.05) is 24.3 Å². The Balaban J connectivity index is 0.810. The van der Waals surface area contributed by atoms with Gasteiger partial charge in [-0.05, 0) is 80.3 Å². The number of nitriles is 1. The summed E-state index contributed by atoms with van der Waals surface area (Å²) < 4.78 is 12.7. The smallest absolute Gasteiger partial charge is 0.262 e. The number of carbonyl (C=O) groups is 5. The van der Waals surface area contributed by atoms with Crippen LogP contribution >= 0.6 is 11.6 Å². The molecule has 5 aliphatic rings. The monoisotopic (exact) mass is 806 g/mol. The number of hydrogen-bond donors (Lipinski definition) is 2. The second kappa shape index (κ2) is 15.1. The standard InChI is InChI=1S/C44H47ClN6O7/c1-43(2)41(44(3,4)42(43)58-31-11-7-26(24-46)34(45)23-31)48-37(53)25-5-8-27(9-6-25)49-17-19-50(20-18-49)28-10-12-29(21-28)57-30-13-14-32-33(22-30)40(56)51(39(32)55)35-15-16-36(52)47-38(35)54/h5-9,11,13-14,22-23,28-29,35,41-42H,10,12,15-21H2,1-4H3,(H,48,53)(H,47,52,54)/t28-,29-,35?,41?,42?/m0/s1. The van der Waals surface area contributed by atoms with E-state index in [-0.39, 0.29) is 59.0 Å². The van der Waals surface area contributed by atoms with Crippen molar-refractivity contribution in [2.45, 2.75) is 90.1 Å². The zero-order valence-electron chi connectivity index (χ0n) is 33.0. The third-order valence-electron chi connectivity index (χ3n) is 12.8. The molecule has 3 aromatic carbocycles. The van der Waals surface area contributed by atoms with E-state index in [2.05, 4.69) is 54.2 Å². The fraction of sp³-hybridized carbons (Fsp3) is 0.455. The fourth-order valence-corrected chi connectivity index (χ4v) is 10.3. The highest BCUT2D eigenvalue weighted by molar-refractivity contribution is 6.31. The number of piperazine rings is 1. The van der Waals surface area contributed by atoms with Crippen LogP contribution in [0.3, 0.4) is 0 Å². The Hall–Kier alpha value is -5.45. The van der Waals surface area contributed by atoms with E-state index in [4.69, 9.17) is 21.1 Å². The number of nitrogens with one attached hydrogen (secondary N) is 2. The van der Waals surface area contributed by atoms with E-state index >= 15 is 0 Å². The Morgan fingerprint density at radius 2 is 1.52 bits per heavy atom. The van der Waals surface area contributed by atoms with Crippen molar-refractivity contribution >= 4 is 46.8 Å². The zero-order chi connectivity index (χ0) is 41.1. The zero-order valence-corrected chi connectivity index (χ0v) is 33.8. The van der Waals surface area contributed by atoms with Gasteiger partial charge in [0.25, 0.3) is 17.7 Å². The van der Waals surface area contributed by atoms with Crippen molar-refractivity contribution < 1.29 is 33.4 Å². The highest BCUT2D eigenvalue weighted by atomic mass is 35.5. The fourth-order valence-electron chi connectivity index (χ4n) is 10.1. The van der Waals surface area contributed by atoms with Crippen molar-refractivity contribution in [3.05, 3.63) is 87.9 Å². The maximum Gasteiger partial charge on any atom is 0.262 e. The van der Waals surface area contributed by atoms with Crippen LogP contribution in [0.15, 0.2) is 60.7 Å². The second-order valence-corrected chi connectivity index (χ2v) is 17.6. The summed E-state index contributed by atoms with van der Waals surface area (Å²) in [7, 11) is 0. The topological polar surface area (TPSA) is 161 Å². The van der Waals surface area contributed by atoms with Crippen LogP contribution in [0.2, 0.25) is 5.02 Å². The predicted molar refractivity (Wildman–Crippen MR) is 215 cm³/mol. The van der Waals surface area contributed by atoms with Crippen molar-refractivity contribution in [1.82, 2.24) is 20.4 Å². The van der Waals surface area contributed by atoms with Gasteiger partial charge in [-0.15, -0.1) is 0 Å². The van der Waals surface area contributed by atoms with Crippen LogP contribution in [0.1, 0.15) is 96.4 Å². The third kappa shape index (κ3) is 7.06. The molecule has 58 heavy (non-hydrogen) atoms. The van der Waals surface area contributed by atoms with E-state index in [0.717, 1.165) is 56.0 Å². The molecule has 0 radical (unpaired) electrons. The van der Waals surface area contributed by atoms with Gasteiger partial charge in [-0.2, -0.15) is 5.26 Å². The Morgan fingerprint density at radius 3 is 2.19 bits per heavy atom. The Labute approximate surface area is 342 Å². The minimum Gasteiger partial charge on any atom is -0.490 e. The third-order valence-corrected chi connectivity index (χ3v) is 13.1. The second-order valence-electron chi connectivity index (χ2n) is 17.2. The molecule has 3 heterocycles. The van der Waals surface area contributed by atoms with Crippen molar-refractivity contribution in [3.63, 3.8) is 0 Å². The van der Waals surface area contributed by atoms with Gasteiger partial charge in [0.15, 0.2) is 0 Å². The Morgan fingerprint density at radius 1 is 0.845 bits per heavy atom. The van der Waals surface area contributed by atoms with E-state index in [9.17, 15) is 29.2 Å². The van der Waals surface area contributed by atoms with Gasteiger partial charge >= 0.3 is 0 Å². The predicted octanol–water partition coefficient (Wildman–Crippen LogP) is 5.35. The molecule has 5 amide bonds. The van der Waals surface area contributed by atoms with Gasteiger partial charge < -0.3 is 19.7 Å². The molecule has 8 rings (SSSR count). The SMILES string of the molecule is CC1(C)C(NC(=O)c2ccc(N3CCN([C@H]4CC[C@H](Oc5ccc6c(c5)C(=O)N(C5CCC(=O)NC5=O)C6=O)C4)CC3)cc2)C(C)(C)C1Oc1ccc(C#N)c(Cl)c1. The maximum atomic E-state index is 13.5. The first-order valence-corrected chi connectivity index (χ1v) is 20.3. The number of carbonyl (C=O) groups excluding carboxylic acids is 5. The van der Waals surface area contributed by atoms with Crippen LogP contribution < -0.4 is 25.0 Å². The summed E-state index contributed by atoms with van der Waals surface area (Å²) >= 11 is 6.25. The molecule has 2 N–H and O–H groups in total. The molecule has 0 bridgehead atoms. The van der Waals surface area contributed by atoms with Gasteiger partial charge in [0.05, 0.1) is 21.7 Å². The first-order valence-electron chi connectivity index (χ1n) is 19.9. The lowest BCUT2D eigenvalue weighted by Crippen LogP contribution is -2.74. The normalized spacial score (nSPS) is 26.4.